The van der Waals surface area contributed by atoms with E-state index in [4.69, 9.17) is 4.42 Å². The van der Waals surface area contributed by atoms with Gasteiger partial charge in [-0.15, -0.1) is 11.3 Å². The van der Waals surface area contributed by atoms with Gasteiger partial charge in [0.05, 0.1) is 22.4 Å². The minimum Gasteiger partial charge on any atom is -0.454 e. The number of anilines is 3. The second kappa shape index (κ2) is 12.2. The van der Waals surface area contributed by atoms with Crippen LogP contribution in [-0.2, 0) is 0 Å². The van der Waals surface area contributed by atoms with Crippen molar-refractivity contribution in [3.05, 3.63) is 194 Å². The van der Waals surface area contributed by atoms with Crippen molar-refractivity contribution in [2.75, 3.05) is 4.90 Å². The molecule has 56 heavy (non-hydrogen) atoms. The SMILES string of the molecule is c1ccc(-n2c3cc(-c4ccc(N(c5cccc6c5oc5ccccc56)c5cccc6sc7ccccc7c56)cc4)ccc3c3ccc4ccccc4c32)cc1. The van der Waals surface area contributed by atoms with Crippen LogP contribution in [0.5, 0.6) is 0 Å². The van der Waals surface area contributed by atoms with Crippen LogP contribution in [0.2, 0.25) is 0 Å². The Hall–Kier alpha value is -7.14. The minimum absolute atomic E-state index is 0.876. The fourth-order valence-corrected chi connectivity index (χ4v) is 9.99. The van der Waals surface area contributed by atoms with Gasteiger partial charge in [-0.2, -0.15) is 0 Å². The molecule has 12 aromatic rings. The predicted octanol–water partition coefficient (Wildman–Crippen LogP) is 15.3. The van der Waals surface area contributed by atoms with Gasteiger partial charge in [0.2, 0.25) is 0 Å². The molecule has 0 bridgehead atoms. The van der Waals surface area contributed by atoms with Crippen molar-refractivity contribution >= 4 is 103 Å². The fourth-order valence-electron chi connectivity index (χ4n) is 8.86. The first kappa shape index (κ1) is 31.2. The van der Waals surface area contributed by atoms with E-state index in [-0.39, 0.29) is 0 Å². The van der Waals surface area contributed by atoms with E-state index in [0.717, 1.165) is 50.3 Å². The van der Waals surface area contributed by atoms with Crippen molar-refractivity contribution in [3.63, 3.8) is 0 Å². The van der Waals surface area contributed by atoms with Crippen LogP contribution in [0.1, 0.15) is 0 Å². The molecule has 4 heteroatoms. The summed E-state index contributed by atoms with van der Waals surface area (Å²) in [4.78, 5) is 2.39. The van der Waals surface area contributed by atoms with Crippen LogP contribution in [0.3, 0.4) is 0 Å². The third-order valence-electron chi connectivity index (χ3n) is 11.4. The Bertz CT molecular complexity index is 3480. The first-order valence-electron chi connectivity index (χ1n) is 19.0. The number of rotatable bonds is 5. The third-order valence-corrected chi connectivity index (χ3v) is 12.5. The number of aromatic nitrogens is 1. The molecular weight excluding hydrogens is 701 g/mol. The average Bonchev–Trinajstić information content (AvgIpc) is 3.94. The van der Waals surface area contributed by atoms with Crippen LogP contribution in [0.4, 0.5) is 17.1 Å². The Kier molecular flexibility index (Phi) is 6.80. The van der Waals surface area contributed by atoms with Gasteiger partial charge in [0, 0.05) is 58.5 Å². The predicted molar refractivity (Wildman–Crippen MR) is 239 cm³/mol. The Morgan fingerprint density at radius 2 is 1.12 bits per heavy atom. The molecule has 0 amide bonds. The van der Waals surface area contributed by atoms with Gasteiger partial charge >= 0.3 is 0 Å². The van der Waals surface area contributed by atoms with Crippen molar-refractivity contribution in [1.82, 2.24) is 4.57 Å². The average molecular weight is 733 g/mol. The van der Waals surface area contributed by atoms with Gasteiger partial charge in [0.15, 0.2) is 5.58 Å². The smallest absolute Gasteiger partial charge is 0.159 e. The lowest BCUT2D eigenvalue weighted by Gasteiger charge is -2.26. The number of furan rings is 1. The van der Waals surface area contributed by atoms with Gasteiger partial charge in [0.25, 0.3) is 0 Å². The molecular formula is C52H32N2OS. The van der Waals surface area contributed by atoms with Crippen LogP contribution in [0.15, 0.2) is 199 Å². The maximum absolute atomic E-state index is 6.68. The van der Waals surface area contributed by atoms with Crippen LogP contribution in [0.25, 0.3) is 91.5 Å². The van der Waals surface area contributed by atoms with Crippen LogP contribution < -0.4 is 4.90 Å². The lowest BCUT2D eigenvalue weighted by molar-refractivity contribution is 0.669. The number of benzene rings is 9. The highest BCUT2D eigenvalue weighted by atomic mass is 32.1. The maximum Gasteiger partial charge on any atom is 0.159 e. The topological polar surface area (TPSA) is 21.3 Å². The van der Waals surface area contributed by atoms with E-state index in [1.807, 2.05) is 17.4 Å². The number of nitrogens with zero attached hydrogens (tertiary/aromatic N) is 2. The molecule has 0 saturated carbocycles. The zero-order chi connectivity index (χ0) is 36.7. The van der Waals surface area contributed by atoms with E-state index in [9.17, 15) is 0 Å². The Morgan fingerprint density at radius 1 is 0.446 bits per heavy atom. The molecule has 0 fully saturated rings. The number of hydrogen-bond acceptors (Lipinski definition) is 3. The van der Waals surface area contributed by atoms with Crippen molar-refractivity contribution in [1.29, 1.82) is 0 Å². The van der Waals surface area contributed by atoms with E-state index in [1.54, 1.807) is 0 Å². The minimum atomic E-state index is 0.876. The summed E-state index contributed by atoms with van der Waals surface area (Å²) in [6.07, 6.45) is 0. The summed E-state index contributed by atoms with van der Waals surface area (Å²) in [5.74, 6) is 0. The fraction of sp³-hybridized carbons (Fsp3) is 0. The Morgan fingerprint density at radius 3 is 2.02 bits per heavy atom. The summed E-state index contributed by atoms with van der Waals surface area (Å²) in [6.45, 7) is 0. The first-order valence-corrected chi connectivity index (χ1v) is 19.8. The quantitative estimate of drug-likeness (QED) is 0.176. The van der Waals surface area contributed by atoms with Gasteiger partial charge in [0.1, 0.15) is 5.58 Å². The molecule has 0 aliphatic rings. The molecule has 0 aliphatic carbocycles. The van der Waals surface area contributed by atoms with Gasteiger partial charge in [-0.25, -0.2) is 0 Å². The zero-order valence-electron chi connectivity index (χ0n) is 30.2. The Labute approximate surface area is 326 Å². The molecule has 262 valence electrons. The lowest BCUT2D eigenvalue weighted by Crippen LogP contribution is -2.10. The summed E-state index contributed by atoms with van der Waals surface area (Å²) < 4.78 is 11.7. The van der Waals surface area contributed by atoms with Gasteiger partial charge < -0.3 is 13.9 Å². The second-order valence-corrected chi connectivity index (χ2v) is 15.6. The summed E-state index contributed by atoms with van der Waals surface area (Å²) >= 11 is 1.84. The molecule has 0 aliphatic heterocycles. The summed E-state index contributed by atoms with van der Waals surface area (Å²) in [5, 5.41) is 9.74. The van der Waals surface area contributed by atoms with Crippen molar-refractivity contribution in [3.8, 4) is 16.8 Å². The number of fused-ring (bicyclic) bond motifs is 11. The van der Waals surface area contributed by atoms with E-state index < -0.39 is 0 Å². The largest absolute Gasteiger partial charge is 0.454 e. The molecule has 3 heterocycles. The zero-order valence-corrected chi connectivity index (χ0v) is 31.0. The highest BCUT2D eigenvalue weighted by molar-refractivity contribution is 7.26. The van der Waals surface area contributed by atoms with Gasteiger partial charge in [-0.1, -0.05) is 133 Å². The highest BCUT2D eigenvalue weighted by Crippen LogP contribution is 2.48. The molecule has 0 saturated heterocycles. The number of hydrogen-bond donors (Lipinski definition) is 0. The summed E-state index contributed by atoms with van der Waals surface area (Å²) in [5.41, 5.74) is 10.9. The third kappa shape index (κ3) is 4.63. The van der Waals surface area contributed by atoms with Crippen molar-refractivity contribution in [2.45, 2.75) is 0 Å². The van der Waals surface area contributed by atoms with E-state index >= 15 is 0 Å². The number of thiophene rings is 1. The van der Waals surface area contributed by atoms with E-state index in [0.29, 0.717) is 0 Å². The molecule has 0 radical (unpaired) electrons. The molecule has 0 atom stereocenters. The molecule has 3 nitrogen and oxygen atoms in total. The normalized spacial score (nSPS) is 11.9. The lowest BCUT2D eigenvalue weighted by atomic mass is 10.0. The van der Waals surface area contributed by atoms with Crippen LogP contribution in [-0.4, -0.2) is 4.57 Å². The molecule has 3 aromatic heterocycles. The molecule has 12 rings (SSSR count). The highest BCUT2D eigenvalue weighted by Gasteiger charge is 2.23. The van der Waals surface area contributed by atoms with Crippen molar-refractivity contribution < 1.29 is 4.42 Å². The van der Waals surface area contributed by atoms with E-state index in [2.05, 4.69) is 198 Å². The van der Waals surface area contributed by atoms with Crippen LogP contribution in [0, 0.1) is 0 Å². The molecule has 0 N–H and O–H groups in total. The van der Waals surface area contributed by atoms with Crippen LogP contribution >= 0.6 is 11.3 Å². The first-order chi connectivity index (χ1) is 27.8. The maximum atomic E-state index is 6.68. The molecule has 0 unspecified atom stereocenters. The second-order valence-electron chi connectivity index (χ2n) is 14.5. The van der Waals surface area contributed by atoms with Gasteiger partial charge in [-0.05, 0) is 77.2 Å². The Balaban J connectivity index is 1.06. The number of para-hydroxylation sites is 3. The van der Waals surface area contributed by atoms with Crippen molar-refractivity contribution in [2.24, 2.45) is 0 Å². The summed E-state index contributed by atoms with van der Waals surface area (Å²) in [7, 11) is 0. The van der Waals surface area contributed by atoms with Gasteiger partial charge in [-0.3, -0.25) is 0 Å². The monoisotopic (exact) mass is 732 g/mol. The van der Waals surface area contributed by atoms with E-state index in [1.165, 1.54) is 58.3 Å². The standard InChI is InChI=1S/C52H32N2OS/c1-2-13-36(14-3-1)54-46-32-35(27-30-39(46)41-31-26-34-12-4-5-15-38(34)51(41)54)33-24-28-37(29-25-33)53(44-19-11-23-49-50(44)43-17-7-9-22-48(43)56-49)45-20-10-18-42-40-16-6-8-21-47(40)55-52(42)45/h1-32H. The molecule has 9 aromatic carbocycles. The molecule has 0 spiro atoms. The summed E-state index contributed by atoms with van der Waals surface area (Å²) in [6, 6.07) is 70.2.